The molecule has 3 aromatic heterocycles. The fraction of sp³-hybridized carbons (Fsp3) is 0.312. The fourth-order valence-electron chi connectivity index (χ4n) is 2.42. The van der Waals surface area contributed by atoms with Crippen LogP contribution in [0.5, 0.6) is 0 Å². The van der Waals surface area contributed by atoms with Gasteiger partial charge in [0.25, 0.3) is 0 Å². The molecular formula is C16H19N5S. The monoisotopic (exact) mass is 313 g/mol. The Balaban J connectivity index is 1.61. The van der Waals surface area contributed by atoms with Gasteiger partial charge in [-0.15, -0.1) is 0 Å². The smallest absolute Gasteiger partial charge is 0.180 e. The van der Waals surface area contributed by atoms with E-state index < -0.39 is 0 Å². The first kappa shape index (κ1) is 14.7. The minimum Gasteiger partial charge on any atom is -0.375 e. The van der Waals surface area contributed by atoms with Gasteiger partial charge in [-0.1, -0.05) is 17.4 Å². The molecule has 0 fully saturated rings. The van der Waals surface area contributed by atoms with Crippen LogP contribution in [0, 0.1) is 13.8 Å². The molecule has 3 aromatic rings. The maximum Gasteiger partial charge on any atom is 0.180 e. The summed E-state index contributed by atoms with van der Waals surface area (Å²) in [6.07, 6.45) is 3.99. The topological polar surface area (TPSA) is 69.6 Å². The van der Waals surface area contributed by atoms with Crippen LogP contribution in [0.15, 0.2) is 30.5 Å². The molecular weight excluding hydrogens is 294 g/mol. The van der Waals surface area contributed by atoms with Gasteiger partial charge in [-0.05, 0) is 44.9 Å². The maximum atomic E-state index is 5.75. The normalized spacial score (nSPS) is 11.0. The molecule has 5 nitrogen and oxygen atoms in total. The van der Waals surface area contributed by atoms with E-state index in [0.717, 1.165) is 47.0 Å². The van der Waals surface area contributed by atoms with E-state index in [1.54, 1.807) is 0 Å². The van der Waals surface area contributed by atoms with Crippen LogP contribution in [0.1, 0.15) is 23.5 Å². The first-order valence-corrected chi connectivity index (χ1v) is 8.13. The first-order chi connectivity index (χ1) is 10.6. The van der Waals surface area contributed by atoms with E-state index >= 15 is 0 Å². The van der Waals surface area contributed by atoms with Crippen LogP contribution in [0.4, 0.5) is 5.13 Å². The molecule has 3 heterocycles. The summed E-state index contributed by atoms with van der Waals surface area (Å²) in [7, 11) is 0. The van der Waals surface area contributed by atoms with Gasteiger partial charge in [-0.3, -0.25) is 9.67 Å². The zero-order valence-corrected chi connectivity index (χ0v) is 13.6. The van der Waals surface area contributed by atoms with Crippen LogP contribution in [0.3, 0.4) is 0 Å². The minimum atomic E-state index is 0.590. The Bertz CT molecular complexity index is 774. The number of nitrogens with zero attached hydrogens (tertiary/aromatic N) is 4. The summed E-state index contributed by atoms with van der Waals surface area (Å²) in [5, 5.41) is 5.20. The summed E-state index contributed by atoms with van der Waals surface area (Å²) in [6, 6.07) is 8.17. The van der Waals surface area contributed by atoms with E-state index in [-0.39, 0.29) is 0 Å². The van der Waals surface area contributed by atoms with Gasteiger partial charge in [0.1, 0.15) is 5.69 Å². The van der Waals surface area contributed by atoms with Crippen molar-refractivity contribution in [2.45, 2.75) is 33.2 Å². The Hall–Kier alpha value is -2.21. The lowest BCUT2D eigenvalue weighted by atomic mass is 10.2. The molecule has 0 saturated heterocycles. The van der Waals surface area contributed by atoms with Crippen molar-refractivity contribution in [2.24, 2.45) is 0 Å². The summed E-state index contributed by atoms with van der Waals surface area (Å²) >= 11 is 1.48. The molecule has 0 aliphatic rings. The number of nitrogen functional groups attached to an aromatic ring is 1. The second-order valence-corrected chi connectivity index (χ2v) is 6.34. The summed E-state index contributed by atoms with van der Waals surface area (Å²) in [4.78, 5) is 9.82. The van der Waals surface area contributed by atoms with Crippen LogP contribution in [-0.2, 0) is 13.0 Å². The molecule has 0 amide bonds. The molecule has 114 valence electrons. The third-order valence-electron chi connectivity index (χ3n) is 3.45. The zero-order chi connectivity index (χ0) is 15.5. The van der Waals surface area contributed by atoms with Crippen molar-refractivity contribution in [2.75, 3.05) is 5.73 Å². The number of hydrogen-bond donors (Lipinski definition) is 1. The van der Waals surface area contributed by atoms with Crippen molar-refractivity contribution in [1.29, 1.82) is 0 Å². The van der Waals surface area contributed by atoms with Crippen molar-refractivity contribution in [3.8, 4) is 10.6 Å². The third-order valence-corrected chi connectivity index (χ3v) is 4.46. The number of nitrogens with two attached hydrogens (primary N) is 1. The average Bonchev–Trinajstić information content (AvgIpc) is 3.05. The van der Waals surface area contributed by atoms with Gasteiger partial charge in [0.2, 0.25) is 0 Å². The van der Waals surface area contributed by atoms with E-state index in [0.29, 0.717) is 5.13 Å². The number of aryl methyl sites for hydroxylation is 4. The number of thiazole rings is 1. The number of aromatic nitrogens is 4. The SMILES string of the molecule is Cc1cccc(CCCn2ccc(-c3sc(N)nc3C)n2)n1. The number of anilines is 1. The van der Waals surface area contributed by atoms with E-state index in [9.17, 15) is 0 Å². The lowest BCUT2D eigenvalue weighted by Crippen LogP contribution is -2.01. The molecule has 0 unspecified atom stereocenters. The molecule has 0 radical (unpaired) electrons. The van der Waals surface area contributed by atoms with Crippen LogP contribution in [0.25, 0.3) is 10.6 Å². The average molecular weight is 313 g/mol. The highest BCUT2D eigenvalue weighted by Crippen LogP contribution is 2.29. The van der Waals surface area contributed by atoms with Crippen LogP contribution >= 0.6 is 11.3 Å². The van der Waals surface area contributed by atoms with E-state index in [2.05, 4.69) is 27.2 Å². The quantitative estimate of drug-likeness (QED) is 0.785. The molecule has 3 rings (SSSR count). The largest absolute Gasteiger partial charge is 0.375 e. The van der Waals surface area contributed by atoms with Gasteiger partial charge >= 0.3 is 0 Å². The molecule has 2 N–H and O–H groups in total. The number of hydrogen-bond acceptors (Lipinski definition) is 5. The number of pyridine rings is 1. The molecule has 0 bridgehead atoms. The molecule has 0 aliphatic heterocycles. The lowest BCUT2D eigenvalue weighted by molar-refractivity contribution is 0.576. The molecule has 0 aliphatic carbocycles. The highest BCUT2D eigenvalue weighted by Gasteiger charge is 2.10. The van der Waals surface area contributed by atoms with Crippen LogP contribution < -0.4 is 5.73 Å². The summed E-state index contributed by atoms with van der Waals surface area (Å²) < 4.78 is 1.97. The highest BCUT2D eigenvalue weighted by molar-refractivity contribution is 7.18. The van der Waals surface area contributed by atoms with Crippen molar-refractivity contribution < 1.29 is 0 Å². The van der Waals surface area contributed by atoms with E-state index in [4.69, 9.17) is 5.73 Å². The fourth-order valence-corrected chi connectivity index (χ4v) is 3.22. The van der Waals surface area contributed by atoms with Gasteiger partial charge in [-0.2, -0.15) is 5.10 Å². The number of rotatable bonds is 5. The second kappa shape index (κ2) is 6.27. The molecule has 0 saturated carbocycles. The third kappa shape index (κ3) is 3.33. The molecule has 22 heavy (non-hydrogen) atoms. The van der Waals surface area contributed by atoms with Crippen LogP contribution in [0.2, 0.25) is 0 Å². The molecule has 6 heteroatoms. The minimum absolute atomic E-state index is 0.590. The predicted molar refractivity (Wildman–Crippen MR) is 89.8 cm³/mol. The van der Waals surface area contributed by atoms with Gasteiger partial charge in [0.05, 0.1) is 10.6 Å². The van der Waals surface area contributed by atoms with E-state index in [1.165, 1.54) is 11.3 Å². The summed E-state index contributed by atoms with van der Waals surface area (Å²) in [5.74, 6) is 0. The highest BCUT2D eigenvalue weighted by atomic mass is 32.1. The standard InChI is InChI=1S/C16H19N5S/c1-11-5-3-6-13(18-11)7-4-9-21-10-8-14(20-21)15-12(2)19-16(17)22-15/h3,5-6,8,10H,4,7,9H2,1-2H3,(H2,17,19). The Morgan fingerprint density at radius 1 is 1.18 bits per heavy atom. The molecule has 0 spiro atoms. The first-order valence-electron chi connectivity index (χ1n) is 7.31. The van der Waals surface area contributed by atoms with Crippen molar-refractivity contribution >= 4 is 16.5 Å². The molecule has 0 aromatic carbocycles. The van der Waals surface area contributed by atoms with Crippen molar-refractivity contribution in [1.82, 2.24) is 19.7 Å². The predicted octanol–water partition coefficient (Wildman–Crippen LogP) is 3.23. The summed E-state index contributed by atoms with van der Waals surface area (Å²) in [5.41, 5.74) is 9.84. The summed E-state index contributed by atoms with van der Waals surface area (Å²) in [6.45, 7) is 4.86. The Labute approximate surface area is 133 Å². The van der Waals surface area contributed by atoms with Gasteiger partial charge < -0.3 is 5.73 Å². The lowest BCUT2D eigenvalue weighted by Gasteiger charge is -2.03. The Morgan fingerprint density at radius 2 is 2.05 bits per heavy atom. The van der Waals surface area contributed by atoms with Gasteiger partial charge in [0, 0.05) is 24.1 Å². The van der Waals surface area contributed by atoms with E-state index in [1.807, 2.05) is 36.9 Å². The Kier molecular flexibility index (Phi) is 4.20. The Morgan fingerprint density at radius 3 is 2.77 bits per heavy atom. The second-order valence-electron chi connectivity index (χ2n) is 5.30. The zero-order valence-electron chi connectivity index (χ0n) is 12.8. The van der Waals surface area contributed by atoms with Gasteiger partial charge in [-0.25, -0.2) is 4.98 Å². The van der Waals surface area contributed by atoms with Gasteiger partial charge in [0.15, 0.2) is 5.13 Å². The van der Waals surface area contributed by atoms with Crippen LogP contribution in [-0.4, -0.2) is 19.7 Å². The molecule has 0 atom stereocenters. The van der Waals surface area contributed by atoms with Crippen molar-refractivity contribution in [3.63, 3.8) is 0 Å². The maximum absolute atomic E-state index is 5.75. The van der Waals surface area contributed by atoms with Crippen molar-refractivity contribution in [3.05, 3.63) is 47.5 Å².